The van der Waals surface area contributed by atoms with Crippen LogP contribution in [0.15, 0.2) is 52.3 Å². The number of nitrogens with one attached hydrogen (secondary N) is 2. The molecule has 0 aliphatic rings. The molecule has 0 atom stereocenters. The molecule has 0 aliphatic carbocycles. The van der Waals surface area contributed by atoms with Crippen LogP contribution in [-0.2, 0) is 20.0 Å². The molecular weight excluding hydrogens is 446 g/mol. The summed E-state index contributed by atoms with van der Waals surface area (Å²) in [4.78, 5) is 14.1. The molecule has 0 saturated heterocycles. The number of sulfonamides is 2. The number of hydrogen-bond donors (Lipinski definition) is 2. The molecule has 0 unspecified atom stereocenters. The summed E-state index contributed by atoms with van der Waals surface area (Å²) in [5.74, 6) is -0.0174. The molecule has 12 heteroatoms. The first-order chi connectivity index (χ1) is 14.6. The summed E-state index contributed by atoms with van der Waals surface area (Å²) in [5, 5.41) is 0. The molecule has 10 nitrogen and oxygen atoms in total. The van der Waals surface area contributed by atoms with Crippen molar-refractivity contribution in [3.63, 3.8) is 0 Å². The standard InChI is InChI=1S/C19H25N3O7S2/c1-5-22(6-2)31(26,27)18-9-7-17(8-10-18)30(24,25)21-20-19(23)14-11-15(28-3)13-16(12-14)29-4/h7-13,21H,5-6H2,1-4H3,(H,20,23). The number of benzene rings is 2. The minimum absolute atomic E-state index is 0.0253. The first kappa shape index (κ1) is 24.6. The van der Waals surface area contributed by atoms with Crippen molar-refractivity contribution >= 4 is 26.0 Å². The van der Waals surface area contributed by atoms with Crippen LogP contribution in [0.2, 0.25) is 0 Å². The Bertz CT molecular complexity index is 1110. The molecule has 2 aromatic carbocycles. The number of amides is 1. The van der Waals surface area contributed by atoms with E-state index in [9.17, 15) is 21.6 Å². The molecule has 31 heavy (non-hydrogen) atoms. The molecule has 0 heterocycles. The highest BCUT2D eigenvalue weighted by atomic mass is 32.2. The highest BCUT2D eigenvalue weighted by molar-refractivity contribution is 7.89. The van der Waals surface area contributed by atoms with Crippen molar-refractivity contribution in [1.29, 1.82) is 0 Å². The van der Waals surface area contributed by atoms with Crippen LogP contribution in [0.25, 0.3) is 0 Å². The van der Waals surface area contributed by atoms with Gasteiger partial charge in [0.1, 0.15) is 11.5 Å². The van der Waals surface area contributed by atoms with Crippen LogP contribution in [0.4, 0.5) is 0 Å². The highest BCUT2D eigenvalue weighted by Crippen LogP contribution is 2.22. The smallest absolute Gasteiger partial charge is 0.266 e. The number of methoxy groups -OCH3 is 2. The van der Waals surface area contributed by atoms with Gasteiger partial charge in [0.15, 0.2) is 0 Å². The second kappa shape index (κ2) is 10.1. The van der Waals surface area contributed by atoms with Crippen molar-refractivity contribution in [3.05, 3.63) is 48.0 Å². The molecule has 0 aromatic heterocycles. The van der Waals surface area contributed by atoms with E-state index in [0.29, 0.717) is 24.6 Å². The third kappa shape index (κ3) is 5.73. The van der Waals surface area contributed by atoms with Crippen LogP contribution in [0.3, 0.4) is 0 Å². The molecule has 0 radical (unpaired) electrons. The lowest BCUT2D eigenvalue weighted by atomic mass is 10.2. The van der Waals surface area contributed by atoms with Gasteiger partial charge in [-0.2, -0.15) is 4.31 Å². The zero-order valence-corrected chi connectivity index (χ0v) is 19.2. The van der Waals surface area contributed by atoms with Gasteiger partial charge < -0.3 is 9.47 Å². The van der Waals surface area contributed by atoms with E-state index >= 15 is 0 Å². The molecule has 0 saturated carbocycles. The molecule has 0 fully saturated rings. The first-order valence-corrected chi connectivity index (χ1v) is 12.2. The van der Waals surface area contributed by atoms with Crippen LogP contribution in [0.1, 0.15) is 24.2 Å². The van der Waals surface area contributed by atoms with Gasteiger partial charge in [-0.05, 0) is 36.4 Å². The van der Waals surface area contributed by atoms with Gasteiger partial charge in [-0.1, -0.05) is 13.8 Å². The number of rotatable bonds is 10. The van der Waals surface area contributed by atoms with Crippen LogP contribution in [0.5, 0.6) is 11.5 Å². The number of carbonyl (C=O) groups is 1. The highest BCUT2D eigenvalue weighted by Gasteiger charge is 2.23. The Morgan fingerprint density at radius 2 is 1.35 bits per heavy atom. The summed E-state index contributed by atoms with van der Waals surface area (Å²) in [6, 6.07) is 9.11. The topological polar surface area (TPSA) is 131 Å². The average molecular weight is 472 g/mol. The number of hydrogen-bond acceptors (Lipinski definition) is 7. The molecule has 170 valence electrons. The van der Waals surface area contributed by atoms with E-state index in [1.807, 2.05) is 4.83 Å². The quantitative estimate of drug-likeness (QED) is 0.500. The number of ether oxygens (including phenoxy) is 2. The number of hydrazine groups is 1. The monoisotopic (exact) mass is 471 g/mol. The van der Waals surface area contributed by atoms with Gasteiger partial charge in [0, 0.05) is 24.7 Å². The maximum atomic E-state index is 12.5. The van der Waals surface area contributed by atoms with Crippen molar-refractivity contribution in [1.82, 2.24) is 14.6 Å². The van der Waals surface area contributed by atoms with Crippen molar-refractivity contribution in [3.8, 4) is 11.5 Å². The molecule has 0 spiro atoms. The van der Waals surface area contributed by atoms with Crippen LogP contribution < -0.4 is 19.7 Å². The summed E-state index contributed by atoms with van der Waals surface area (Å²) in [6.45, 7) is 4.01. The predicted octanol–water partition coefficient (Wildman–Crippen LogP) is 1.36. The van der Waals surface area contributed by atoms with Gasteiger partial charge in [-0.15, -0.1) is 4.83 Å². The lowest BCUT2D eigenvalue weighted by Crippen LogP contribution is -2.41. The van der Waals surface area contributed by atoms with Gasteiger partial charge >= 0.3 is 0 Å². The lowest BCUT2D eigenvalue weighted by molar-refractivity contribution is 0.0944. The summed E-state index contributed by atoms with van der Waals surface area (Å²) in [5.41, 5.74) is 2.22. The SMILES string of the molecule is CCN(CC)S(=O)(=O)c1ccc(S(=O)(=O)NNC(=O)c2cc(OC)cc(OC)c2)cc1. The molecule has 2 rings (SSSR count). The second-order valence-electron chi connectivity index (χ2n) is 6.22. The van der Waals surface area contributed by atoms with E-state index in [1.54, 1.807) is 19.9 Å². The van der Waals surface area contributed by atoms with Gasteiger partial charge in [-0.3, -0.25) is 10.2 Å². The summed E-state index contributed by atoms with van der Waals surface area (Å²) in [6.07, 6.45) is 0. The molecule has 1 amide bonds. The van der Waals surface area contributed by atoms with E-state index in [0.717, 1.165) is 12.1 Å². The second-order valence-corrected chi connectivity index (χ2v) is 9.84. The van der Waals surface area contributed by atoms with Crippen molar-refractivity contribution in [2.24, 2.45) is 0 Å². The van der Waals surface area contributed by atoms with Crippen LogP contribution in [-0.4, -0.2) is 54.4 Å². The fourth-order valence-electron chi connectivity index (χ4n) is 2.69. The Morgan fingerprint density at radius 3 is 1.81 bits per heavy atom. The molecule has 0 aliphatic heterocycles. The third-order valence-corrected chi connectivity index (χ3v) is 7.72. The van der Waals surface area contributed by atoms with Crippen LogP contribution in [0, 0.1) is 0 Å². The van der Waals surface area contributed by atoms with Gasteiger partial charge in [0.05, 0.1) is 24.0 Å². The minimum atomic E-state index is -4.14. The van der Waals surface area contributed by atoms with Crippen molar-refractivity contribution < 1.29 is 31.1 Å². The van der Waals surface area contributed by atoms with Crippen molar-refractivity contribution in [2.75, 3.05) is 27.3 Å². The van der Waals surface area contributed by atoms with Crippen LogP contribution >= 0.6 is 0 Å². The maximum absolute atomic E-state index is 12.5. The summed E-state index contributed by atoms with van der Waals surface area (Å²) >= 11 is 0. The van der Waals surface area contributed by atoms with Crippen molar-refractivity contribution in [2.45, 2.75) is 23.6 Å². The van der Waals surface area contributed by atoms with E-state index in [4.69, 9.17) is 9.47 Å². The lowest BCUT2D eigenvalue weighted by Gasteiger charge is -2.18. The fraction of sp³-hybridized carbons (Fsp3) is 0.316. The van der Waals surface area contributed by atoms with Gasteiger partial charge in [0.2, 0.25) is 10.0 Å². The van der Waals surface area contributed by atoms with E-state index < -0.39 is 26.0 Å². The molecule has 2 aromatic rings. The molecule has 2 N–H and O–H groups in total. The zero-order chi connectivity index (χ0) is 23.2. The Morgan fingerprint density at radius 1 is 0.871 bits per heavy atom. The summed E-state index contributed by atoms with van der Waals surface area (Å²) < 4.78 is 61.4. The number of nitrogens with zero attached hydrogens (tertiary/aromatic N) is 1. The predicted molar refractivity (Wildman–Crippen MR) is 114 cm³/mol. The Hall–Kier alpha value is -2.67. The largest absolute Gasteiger partial charge is 0.497 e. The Labute approximate surface area is 182 Å². The van der Waals surface area contributed by atoms with E-state index in [1.165, 1.54) is 42.8 Å². The van der Waals surface area contributed by atoms with E-state index in [-0.39, 0.29) is 15.4 Å². The van der Waals surface area contributed by atoms with Gasteiger partial charge in [0.25, 0.3) is 15.9 Å². The van der Waals surface area contributed by atoms with Gasteiger partial charge in [-0.25, -0.2) is 16.8 Å². The maximum Gasteiger partial charge on any atom is 0.266 e. The number of carbonyl (C=O) groups excluding carboxylic acids is 1. The Balaban J connectivity index is 2.17. The van der Waals surface area contributed by atoms with E-state index in [2.05, 4.69) is 5.43 Å². The first-order valence-electron chi connectivity index (χ1n) is 9.24. The summed E-state index contributed by atoms with van der Waals surface area (Å²) in [7, 11) is -5.02. The molecule has 0 bridgehead atoms. The third-order valence-electron chi connectivity index (χ3n) is 4.39. The Kier molecular flexibility index (Phi) is 8.01. The molecular formula is C19H25N3O7S2. The normalized spacial score (nSPS) is 11.9. The average Bonchev–Trinajstić information content (AvgIpc) is 2.77. The zero-order valence-electron chi connectivity index (χ0n) is 17.6. The minimum Gasteiger partial charge on any atom is -0.497 e. The fourth-order valence-corrected chi connectivity index (χ4v) is 4.98.